The van der Waals surface area contributed by atoms with Crippen LogP contribution >= 0.6 is 0 Å². The Kier molecular flexibility index (Phi) is 3.40. The molecule has 1 aromatic rings. The third-order valence-corrected chi connectivity index (χ3v) is 5.60. The van der Waals surface area contributed by atoms with Gasteiger partial charge in [0.1, 0.15) is 0 Å². The molecule has 1 aromatic carbocycles. The highest BCUT2D eigenvalue weighted by Gasteiger charge is 2.40. The molecule has 0 bridgehead atoms. The number of carboxylic acids is 1. The van der Waals surface area contributed by atoms with E-state index < -0.39 is 21.5 Å². The Hall–Kier alpha value is -1.40. The number of benzene rings is 1. The summed E-state index contributed by atoms with van der Waals surface area (Å²) in [5, 5.41) is 8.93. The number of nitrogens with zero attached hydrogens (tertiary/aromatic N) is 1. The average molecular weight is 283 g/mol. The summed E-state index contributed by atoms with van der Waals surface area (Å²) in [6.07, 6.45) is 1.63. The number of sulfonamides is 1. The number of carbonyl (C=O) groups is 1. The molecular formula is C13H17NO4S. The van der Waals surface area contributed by atoms with Gasteiger partial charge in [0.05, 0.1) is 10.5 Å². The van der Waals surface area contributed by atoms with Gasteiger partial charge in [-0.1, -0.05) is 6.07 Å². The fourth-order valence-corrected chi connectivity index (χ4v) is 4.34. The first-order chi connectivity index (χ1) is 8.75. The molecule has 1 heterocycles. The van der Waals surface area contributed by atoms with Gasteiger partial charge in [-0.05, 0) is 44.9 Å². The van der Waals surface area contributed by atoms with E-state index >= 15 is 0 Å². The highest BCUT2D eigenvalue weighted by Crippen LogP contribution is 2.33. The lowest BCUT2D eigenvalue weighted by Gasteiger charge is -2.30. The van der Waals surface area contributed by atoms with E-state index in [2.05, 4.69) is 0 Å². The quantitative estimate of drug-likeness (QED) is 0.920. The van der Waals surface area contributed by atoms with Crippen LogP contribution in [-0.4, -0.2) is 35.9 Å². The Morgan fingerprint density at radius 2 is 2.05 bits per heavy atom. The van der Waals surface area contributed by atoms with Crippen LogP contribution in [-0.2, 0) is 10.0 Å². The highest BCUT2D eigenvalue weighted by molar-refractivity contribution is 7.89. The topological polar surface area (TPSA) is 74.7 Å². The predicted molar refractivity (Wildman–Crippen MR) is 70.6 cm³/mol. The Morgan fingerprint density at radius 3 is 2.58 bits per heavy atom. The van der Waals surface area contributed by atoms with Crippen molar-refractivity contribution in [2.75, 3.05) is 6.54 Å². The standard InChI is InChI=1S/C13H17NO4S/c1-13(2)7-4-8-14(13)19(17,18)11-6-3-5-10(9-11)12(15)16/h3,5-6,9H,4,7-8H2,1-2H3,(H,15,16). The maximum Gasteiger partial charge on any atom is 0.335 e. The van der Waals surface area contributed by atoms with Crippen molar-refractivity contribution < 1.29 is 18.3 Å². The molecule has 0 spiro atoms. The number of hydrogen-bond acceptors (Lipinski definition) is 3. The van der Waals surface area contributed by atoms with Crippen LogP contribution in [0.4, 0.5) is 0 Å². The largest absolute Gasteiger partial charge is 0.478 e. The number of aromatic carboxylic acids is 1. The van der Waals surface area contributed by atoms with Crippen molar-refractivity contribution in [2.45, 2.75) is 37.1 Å². The van der Waals surface area contributed by atoms with Gasteiger partial charge < -0.3 is 5.11 Å². The van der Waals surface area contributed by atoms with Crippen LogP contribution in [0.2, 0.25) is 0 Å². The Labute approximate surface area is 112 Å². The molecule has 104 valence electrons. The minimum Gasteiger partial charge on any atom is -0.478 e. The number of hydrogen-bond donors (Lipinski definition) is 1. The summed E-state index contributed by atoms with van der Waals surface area (Å²) in [6, 6.07) is 5.50. The molecule has 0 saturated carbocycles. The Morgan fingerprint density at radius 1 is 1.37 bits per heavy atom. The number of carboxylic acid groups (broad SMARTS) is 1. The van der Waals surface area contributed by atoms with Gasteiger partial charge in [0, 0.05) is 12.1 Å². The van der Waals surface area contributed by atoms with E-state index in [1.165, 1.54) is 28.6 Å². The summed E-state index contributed by atoms with van der Waals surface area (Å²) in [5.74, 6) is -1.13. The van der Waals surface area contributed by atoms with Crippen molar-refractivity contribution in [1.29, 1.82) is 0 Å². The minimum atomic E-state index is -3.63. The van der Waals surface area contributed by atoms with E-state index in [9.17, 15) is 13.2 Å². The van der Waals surface area contributed by atoms with E-state index in [-0.39, 0.29) is 10.5 Å². The molecule has 1 fully saturated rings. The van der Waals surface area contributed by atoms with Crippen molar-refractivity contribution in [3.05, 3.63) is 29.8 Å². The summed E-state index contributed by atoms with van der Waals surface area (Å²) >= 11 is 0. The van der Waals surface area contributed by atoms with Crippen LogP contribution < -0.4 is 0 Å². The SMILES string of the molecule is CC1(C)CCCN1S(=O)(=O)c1cccc(C(=O)O)c1. The average Bonchev–Trinajstić information content (AvgIpc) is 2.69. The second kappa shape index (κ2) is 4.61. The molecule has 19 heavy (non-hydrogen) atoms. The van der Waals surface area contributed by atoms with Crippen molar-refractivity contribution in [2.24, 2.45) is 0 Å². The van der Waals surface area contributed by atoms with Crippen molar-refractivity contribution >= 4 is 16.0 Å². The molecule has 5 nitrogen and oxygen atoms in total. The molecule has 1 aliphatic heterocycles. The normalized spacial score (nSPS) is 19.5. The second-order valence-electron chi connectivity index (χ2n) is 5.33. The first-order valence-electron chi connectivity index (χ1n) is 6.11. The smallest absolute Gasteiger partial charge is 0.335 e. The lowest BCUT2D eigenvalue weighted by atomic mass is 10.0. The maximum atomic E-state index is 12.6. The third-order valence-electron chi connectivity index (χ3n) is 3.49. The van der Waals surface area contributed by atoms with Crippen LogP contribution in [0.1, 0.15) is 37.0 Å². The van der Waals surface area contributed by atoms with Crippen molar-refractivity contribution in [3.63, 3.8) is 0 Å². The highest BCUT2D eigenvalue weighted by atomic mass is 32.2. The predicted octanol–water partition coefficient (Wildman–Crippen LogP) is 1.95. The molecule has 0 aromatic heterocycles. The van der Waals surface area contributed by atoms with Crippen LogP contribution in [0.25, 0.3) is 0 Å². The van der Waals surface area contributed by atoms with Gasteiger partial charge in [-0.15, -0.1) is 0 Å². The minimum absolute atomic E-state index is 0.0157. The van der Waals surface area contributed by atoms with E-state index in [4.69, 9.17) is 5.11 Å². The summed E-state index contributed by atoms with van der Waals surface area (Å²) in [7, 11) is -3.63. The van der Waals surface area contributed by atoms with Gasteiger partial charge >= 0.3 is 5.97 Å². The van der Waals surface area contributed by atoms with E-state index in [0.717, 1.165) is 12.8 Å². The fraction of sp³-hybridized carbons (Fsp3) is 0.462. The van der Waals surface area contributed by atoms with Crippen LogP contribution in [0, 0.1) is 0 Å². The van der Waals surface area contributed by atoms with Gasteiger partial charge in [-0.2, -0.15) is 4.31 Å². The van der Waals surface area contributed by atoms with E-state index in [0.29, 0.717) is 6.54 Å². The van der Waals surface area contributed by atoms with Gasteiger partial charge in [0.25, 0.3) is 0 Å². The first kappa shape index (κ1) is 14.0. The van der Waals surface area contributed by atoms with E-state index in [1.807, 2.05) is 13.8 Å². The van der Waals surface area contributed by atoms with Crippen LogP contribution in [0.3, 0.4) is 0 Å². The monoisotopic (exact) mass is 283 g/mol. The number of rotatable bonds is 3. The van der Waals surface area contributed by atoms with E-state index in [1.54, 1.807) is 0 Å². The summed E-state index contributed by atoms with van der Waals surface area (Å²) in [4.78, 5) is 11.0. The summed E-state index contributed by atoms with van der Waals surface area (Å²) in [5.41, 5.74) is -0.434. The zero-order chi connectivity index (χ0) is 14.3. The van der Waals surface area contributed by atoms with Gasteiger partial charge in [0.2, 0.25) is 10.0 Å². The second-order valence-corrected chi connectivity index (χ2v) is 7.19. The van der Waals surface area contributed by atoms with Crippen molar-refractivity contribution in [3.8, 4) is 0 Å². The molecule has 1 aliphatic rings. The molecule has 0 aliphatic carbocycles. The Bertz CT molecular complexity index is 607. The van der Waals surface area contributed by atoms with Gasteiger partial charge in [0.15, 0.2) is 0 Å². The fourth-order valence-electron chi connectivity index (χ4n) is 2.44. The molecule has 0 unspecified atom stereocenters. The van der Waals surface area contributed by atoms with Crippen LogP contribution in [0.15, 0.2) is 29.2 Å². The van der Waals surface area contributed by atoms with Gasteiger partial charge in [-0.3, -0.25) is 0 Å². The molecule has 0 radical (unpaired) electrons. The summed E-state index contributed by atoms with van der Waals surface area (Å²) < 4.78 is 26.6. The first-order valence-corrected chi connectivity index (χ1v) is 7.55. The molecule has 0 atom stereocenters. The lowest BCUT2D eigenvalue weighted by molar-refractivity contribution is 0.0696. The van der Waals surface area contributed by atoms with Crippen molar-refractivity contribution in [1.82, 2.24) is 4.31 Å². The molecule has 6 heteroatoms. The molecular weight excluding hydrogens is 266 g/mol. The molecule has 2 rings (SSSR count). The van der Waals surface area contributed by atoms with Gasteiger partial charge in [-0.25, -0.2) is 13.2 Å². The van der Waals surface area contributed by atoms with Crippen LogP contribution in [0.5, 0.6) is 0 Å². The summed E-state index contributed by atoms with van der Waals surface area (Å²) in [6.45, 7) is 4.25. The zero-order valence-corrected chi connectivity index (χ0v) is 11.8. The molecule has 1 saturated heterocycles. The molecule has 0 amide bonds. The zero-order valence-electron chi connectivity index (χ0n) is 11.0. The lowest BCUT2D eigenvalue weighted by Crippen LogP contribution is -2.42. The third kappa shape index (κ3) is 2.50. The maximum absolute atomic E-state index is 12.6. The molecule has 1 N–H and O–H groups in total. The Balaban J connectivity index is 2.45.